The van der Waals surface area contributed by atoms with Crippen LogP contribution in [0.25, 0.3) is 0 Å². The fraction of sp³-hybridized carbons (Fsp3) is 1.00. The van der Waals surface area contributed by atoms with E-state index in [2.05, 4.69) is 0 Å². The molecule has 0 heterocycles. The summed E-state index contributed by atoms with van der Waals surface area (Å²) in [6, 6.07) is 0. The van der Waals surface area contributed by atoms with E-state index in [1.165, 1.54) is 19.3 Å². The number of rotatable bonds is 2. The molecule has 4 heteroatoms. The van der Waals surface area contributed by atoms with Crippen LogP contribution in [0.3, 0.4) is 0 Å². The number of hydrogen-bond donors (Lipinski definition) is 1. The molecule has 4 rings (SSSR count). The summed E-state index contributed by atoms with van der Waals surface area (Å²) in [6.07, 6.45) is 7.35. The molecule has 2 N–H and O–H groups in total. The summed E-state index contributed by atoms with van der Waals surface area (Å²) in [5.41, 5.74) is 0.0301. The van der Waals surface area contributed by atoms with Gasteiger partial charge in [0.2, 0.25) is 10.0 Å². The van der Waals surface area contributed by atoms with E-state index in [-0.39, 0.29) is 10.7 Å². The smallest absolute Gasteiger partial charge is 0.212 e. The van der Waals surface area contributed by atoms with Gasteiger partial charge < -0.3 is 0 Å². The lowest BCUT2D eigenvalue weighted by atomic mass is 9.49. The standard InChI is InChI=1S/C12H21NO2S/c1-8(16(13,14)15)12-5-9-2-10(6-12)4-11(3-9)7-12/h8-11H,2-7H2,1H3,(H2,13,14,15)/t8-,9?,10?,11?,12?/m0/s1. The molecule has 0 spiro atoms. The van der Waals surface area contributed by atoms with Gasteiger partial charge in [0, 0.05) is 0 Å². The van der Waals surface area contributed by atoms with E-state index in [0.29, 0.717) is 0 Å². The van der Waals surface area contributed by atoms with E-state index in [0.717, 1.165) is 37.0 Å². The van der Waals surface area contributed by atoms with Crippen LogP contribution in [-0.2, 0) is 10.0 Å². The van der Waals surface area contributed by atoms with Gasteiger partial charge in [-0.25, -0.2) is 13.6 Å². The molecule has 0 saturated heterocycles. The van der Waals surface area contributed by atoms with E-state index in [4.69, 9.17) is 5.14 Å². The first-order valence-corrected chi connectivity index (χ1v) is 8.02. The van der Waals surface area contributed by atoms with Gasteiger partial charge in [-0.3, -0.25) is 0 Å². The van der Waals surface area contributed by atoms with E-state index >= 15 is 0 Å². The topological polar surface area (TPSA) is 60.2 Å². The molecule has 4 aliphatic carbocycles. The quantitative estimate of drug-likeness (QED) is 0.805. The van der Waals surface area contributed by atoms with Crippen molar-refractivity contribution in [2.45, 2.75) is 50.7 Å². The Morgan fingerprint density at radius 1 is 1.06 bits per heavy atom. The van der Waals surface area contributed by atoms with E-state index in [1.807, 2.05) is 6.92 Å². The zero-order chi connectivity index (χ0) is 11.6. The van der Waals surface area contributed by atoms with Gasteiger partial charge in [0.25, 0.3) is 0 Å². The lowest BCUT2D eigenvalue weighted by molar-refractivity contribution is -0.0522. The Kier molecular flexibility index (Phi) is 2.22. The molecule has 16 heavy (non-hydrogen) atoms. The van der Waals surface area contributed by atoms with Crippen molar-refractivity contribution in [2.24, 2.45) is 28.3 Å². The average molecular weight is 243 g/mol. The molecule has 3 nitrogen and oxygen atoms in total. The van der Waals surface area contributed by atoms with Crippen LogP contribution in [0.4, 0.5) is 0 Å². The van der Waals surface area contributed by atoms with Crippen molar-refractivity contribution >= 4 is 10.0 Å². The molecule has 0 radical (unpaired) electrons. The van der Waals surface area contributed by atoms with Crippen LogP contribution < -0.4 is 5.14 Å². The number of primary sulfonamides is 1. The Balaban J connectivity index is 1.94. The summed E-state index contributed by atoms with van der Waals surface area (Å²) in [5.74, 6) is 2.36. The normalized spacial score (nSPS) is 48.2. The zero-order valence-corrected chi connectivity index (χ0v) is 10.7. The van der Waals surface area contributed by atoms with Crippen LogP contribution in [0.2, 0.25) is 0 Å². The third kappa shape index (κ3) is 1.53. The predicted octanol–water partition coefficient (Wildman–Crippen LogP) is 1.88. The number of nitrogens with two attached hydrogens (primary N) is 1. The van der Waals surface area contributed by atoms with Gasteiger partial charge in [-0.05, 0) is 68.6 Å². The van der Waals surface area contributed by atoms with Gasteiger partial charge in [0.15, 0.2) is 0 Å². The van der Waals surface area contributed by atoms with Crippen LogP contribution in [0.1, 0.15) is 45.4 Å². The molecular formula is C12H21NO2S. The minimum Gasteiger partial charge on any atom is -0.228 e. The first-order chi connectivity index (χ1) is 7.39. The van der Waals surface area contributed by atoms with Crippen LogP contribution in [-0.4, -0.2) is 13.7 Å². The molecule has 0 amide bonds. The molecule has 0 unspecified atom stereocenters. The Morgan fingerprint density at radius 3 is 1.75 bits per heavy atom. The van der Waals surface area contributed by atoms with E-state index in [1.54, 1.807) is 0 Å². The number of sulfonamides is 1. The minimum absolute atomic E-state index is 0.0301. The highest BCUT2D eigenvalue weighted by molar-refractivity contribution is 7.89. The minimum atomic E-state index is -3.37. The fourth-order valence-corrected chi connectivity index (χ4v) is 6.01. The van der Waals surface area contributed by atoms with Crippen molar-refractivity contribution in [3.63, 3.8) is 0 Å². The van der Waals surface area contributed by atoms with Gasteiger partial charge in [-0.1, -0.05) is 0 Å². The molecule has 0 aromatic rings. The SMILES string of the molecule is C[C@@H](C12CC3CC(CC(C3)C1)C2)S(N)(=O)=O. The van der Waals surface area contributed by atoms with Crippen molar-refractivity contribution < 1.29 is 8.42 Å². The lowest BCUT2D eigenvalue weighted by Crippen LogP contribution is -2.54. The summed E-state index contributed by atoms with van der Waals surface area (Å²) in [7, 11) is -3.37. The van der Waals surface area contributed by atoms with Crippen molar-refractivity contribution in [3.05, 3.63) is 0 Å². The Labute approximate surface area is 97.8 Å². The van der Waals surface area contributed by atoms with Crippen LogP contribution >= 0.6 is 0 Å². The Morgan fingerprint density at radius 2 is 1.44 bits per heavy atom. The highest BCUT2D eigenvalue weighted by atomic mass is 32.2. The highest BCUT2D eigenvalue weighted by Crippen LogP contribution is 2.61. The highest BCUT2D eigenvalue weighted by Gasteiger charge is 2.55. The molecule has 4 saturated carbocycles. The van der Waals surface area contributed by atoms with Gasteiger partial charge >= 0.3 is 0 Å². The lowest BCUT2D eigenvalue weighted by Gasteiger charge is -2.58. The average Bonchev–Trinajstić information content (AvgIpc) is 2.12. The first kappa shape index (κ1) is 11.0. The molecule has 0 aromatic carbocycles. The van der Waals surface area contributed by atoms with E-state index < -0.39 is 10.0 Å². The van der Waals surface area contributed by atoms with Crippen LogP contribution in [0.15, 0.2) is 0 Å². The molecule has 1 atom stereocenters. The van der Waals surface area contributed by atoms with Crippen LogP contribution in [0, 0.1) is 23.2 Å². The summed E-state index contributed by atoms with van der Waals surface area (Å²) in [4.78, 5) is 0. The van der Waals surface area contributed by atoms with Gasteiger partial charge in [-0.15, -0.1) is 0 Å². The Hall–Kier alpha value is -0.0900. The molecule has 0 aromatic heterocycles. The maximum absolute atomic E-state index is 11.6. The second kappa shape index (κ2) is 3.22. The van der Waals surface area contributed by atoms with Crippen molar-refractivity contribution in [3.8, 4) is 0 Å². The number of hydrogen-bond acceptors (Lipinski definition) is 2. The van der Waals surface area contributed by atoms with Crippen LogP contribution in [0.5, 0.6) is 0 Å². The van der Waals surface area contributed by atoms with Gasteiger partial charge in [0.1, 0.15) is 0 Å². The first-order valence-electron chi connectivity index (χ1n) is 6.41. The van der Waals surface area contributed by atoms with Crippen molar-refractivity contribution in [1.82, 2.24) is 0 Å². The fourth-order valence-electron chi connectivity index (χ4n) is 5.02. The maximum atomic E-state index is 11.6. The molecule has 4 fully saturated rings. The molecular weight excluding hydrogens is 222 g/mol. The molecule has 4 bridgehead atoms. The second-order valence-electron chi connectivity index (χ2n) is 6.51. The largest absolute Gasteiger partial charge is 0.228 e. The van der Waals surface area contributed by atoms with E-state index in [9.17, 15) is 8.42 Å². The predicted molar refractivity (Wildman–Crippen MR) is 63.2 cm³/mol. The zero-order valence-electron chi connectivity index (χ0n) is 9.85. The summed E-state index contributed by atoms with van der Waals surface area (Å²) < 4.78 is 23.2. The molecule has 92 valence electrons. The monoisotopic (exact) mass is 243 g/mol. The summed E-state index contributed by atoms with van der Waals surface area (Å²) in [6.45, 7) is 1.84. The molecule has 0 aliphatic heterocycles. The third-order valence-corrected chi connectivity index (χ3v) is 6.93. The van der Waals surface area contributed by atoms with Crippen molar-refractivity contribution in [1.29, 1.82) is 0 Å². The molecule has 4 aliphatic rings. The third-order valence-electron chi connectivity index (χ3n) is 5.44. The summed E-state index contributed by atoms with van der Waals surface area (Å²) in [5, 5.41) is 5.03. The second-order valence-corrected chi connectivity index (χ2v) is 8.40. The van der Waals surface area contributed by atoms with Crippen molar-refractivity contribution in [2.75, 3.05) is 0 Å². The van der Waals surface area contributed by atoms with Gasteiger partial charge in [0.05, 0.1) is 5.25 Å². The summed E-state index contributed by atoms with van der Waals surface area (Å²) >= 11 is 0. The Bertz CT molecular complexity index is 366. The maximum Gasteiger partial charge on any atom is 0.212 e. The van der Waals surface area contributed by atoms with Gasteiger partial charge in [-0.2, -0.15) is 0 Å².